The van der Waals surface area contributed by atoms with Crippen LogP contribution in [0.4, 0.5) is 0 Å². The largest absolute Gasteiger partial charge is 0.320 e. The Balaban J connectivity index is 2.30. The Labute approximate surface area is 144 Å². The monoisotopic (exact) mass is 409 g/mol. The molecule has 3 heteroatoms. The van der Waals surface area contributed by atoms with Gasteiger partial charge >= 0.3 is 0 Å². The highest BCUT2D eigenvalue weighted by Crippen LogP contribution is 2.30. The molecule has 0 aliphatic carbocycles. The molecule has 0 saturated carbocycles. The van der Waals surface area contributed by atoms with E-state index in [1.165, 1.54) is 5.56 Å². The van der Waals surface area contributed by atoms with Gasteiger partial charge in [0.25, 0.3) is 0 Å². The van der Waals surface area contributed by atoms with Crippen molar-refractivity contribution in [1.82, 2.24) is 0 Å². The maximum absolute atomic E-state index is 6.40. The third-order valence-corrected chi connectivity index (χ3v) is 5.09. The van der Waals surface area contributed by atoms with E-state index >= 15 is 0 Å². The minimum atomic E-state index is -0.113. The minimum Gasteiger partial charge on any atom is -0.320 e. The number of nitrogens with two attached hydrogens (primary N) is 1. The molecule has 1 nitrogen and oxygen atoms in total. The molecule has 2 aromatic carbocycles. The van der Waals surface area contributed by atoms with Crippen LogP contribution in [0, 0.1) is 0 Å². The molecule has 112 valence electrons. The molecule has 0 aromatic heterocycles. The zero-order chi connectivity index (χ0) is 15.6. The third-order valence-electron chi connectivity index (χ3n) is 4.18. The average Bonchev–Trinajstić information content (AvgIpc) is 2.45. The van der Waals surface area contributed by atoms with Gasteiger partial charge in [0.2, 0.25) is 0 Å². The lowest BCUT2D eigenvalue weighted by Crippen LogP contribution is -2.16. The fourth-order valence-corrected chi connectivity index (χ4v) is 3.62. The van der Waals surface area contributed by atoms with E-state index in [1.54, 1.807) is 0 Å². The first-order valence-corrected chi connectivity index (χ1v) is 8.74. The van der Waals surface area contributed by atoms with Crippen molar-refractivity contribution in [3.8, 4) is 0 Å². The average molecular weight is 411 g/mol. The SMILES string of the molecule is CCC(C)(C)c1ccc(C(N)c2cc(Br)cc(Br)c2)cc1. The summed E-state index contributed by atoms with van der Waals surface area (Å²) in [4.78, 5) is 0. The van der Waals surface area contributed by atoms with E-state index in [0.29, 0.717) is 0 Å². The molecule has 2 aromatic rings. The van der Waals surface area contributed by atoms with E-state index in [0.717, 1.165) is 26.5 Å². The van der Waals surface area contributed by atoms with Gasteiger partial charge in [0, 0.05) is 8.95 Å². The minimum absolute atomic E-state index is 0.113. The van der Waals surface area contributed by atoms with E-state index in [4.69, 9.17) is 5.73 Å². The molecule has 0 aliphatic heterocycles. The Morgan fingerprint density at radius 2 is 1.48 bits per heavy atom. The van der Waals surface area contributed by atoms with E-state index in [-0.39, 0.29) is 11.5 Å². The first-order chi connectivity index (χ1) is 9.83. The fourth-order valence-electron chi connectivity index (χ4n) is 2.29. The molecule has 0 heterocycles. The number of hydrogen-bond donors (Lipinski definition) is 1. The molecule has 0 saturated heterocycles. The summed E-state index contributed by atoms with van der Waals surface area (Å²) in [7, 11) is 0. The van der Waals surface area contributed by atoms with Crippen molar-refractivity contribution in [3.63, 3.8) is 0 Å². The molecule has 0 spiro atoms. The second kappa shape index (κ2) is 6.64. The zero-order valence-electron chi connectivity index (χ0n) is 12.7. The molecular formula is C18H21Br2N. The molecule has 0 fully saturated rings. The normalized spacial score (nSPS) is 13.2. The second-order valence-electron chi connectivity index (χ2n) is 6.04. The van der Waals surface area contributed by atoms with Crippen LogP contribution >= 0.6 is 31.9 Å². The standard InChI is InChI=1S/C18H21Br2N/c1-4-18(2,3)14-7-5-12(6-8-14)17(21)13-9-15(19)11-16(20)10-13/h5-11,17H,4,21H2,1-3H3. The Morgan fingerprint density at radius 1 is 0.952 bits per heavy atom. The van der Waals surface area contributed by atoms with Crippen molar-refractivity contribution in [3.05, 3.63) is 68.1 Å². The van der Waals surface area contributed by atoms with Crippen molar-refractivity contribution < 1.29 is 0 Å². The number of benzene rings is 2. The van der Waals surface area contributed by atoms with Crippen molar-refractivity contribution in [1.29, 1.82) is 0 Å². The van der Waals surface area contributed by atoms with Crippen molar-refractivity contribution in [2.75, 3.05) is 0 Å². The molecule has 21 heavy (non-hydrogen) atoms. The van der Waals surface area contributed by atoms with Gasteiger partial charge in [0.1, 0.15) is 0 Å². The summed E-state index contributed by atoms with van der Waals surface area (Å²) in [5.74, 6) is 0. The Morgan fingerprint density at radius 3 is 1.95 bits per heavy atom. The van der Waals surface area contributed by atoms with Crippen molar-refractivity contribution in [2.24, 2.45) is 5.73 Å². The first kappa shape index (κ1) is 16.7. The first-order valence-electron chi connectivity index (χ1n) is 7.15. The zero-order valence-corrected chi connectivity index (χ0v) is 15.8. The molecule has 0 aliphatic rings. The molecule has 1 atom stereocenters. The summed E-state index contributed by atoms with van der Waals surface area (Å²) in [5.41, 5.74) is 10.2. The van der Waals surface area contributed by atoms with Gasteiger partial charge in [0.05, 0.1) is 6.04 Å². The number of hydrogen-bond acceptors (Lipinski definition) is 1. The fraction of sp³-hybridized carbons (Fsp3) is 0.333. The van der Waals surface area contributed by atoms with Gasteiger partial charge in [0.15, 0.2) is 0 Å². The van der Waals surface area contributed by atoms with Gasteiger partial charge in [-0.15, -0.1) is 0 Å². The topological polar surface area (TPSA) is 26.0 Å². The van der Waals surface area contributed by atoms with E-state index < -0.39 is 0 Å². The molecule has 2 N–H and O–H groups in total. The Hall–Kier alpha value is -0.640. The summed E-state index contributed by atoms with van der Waals surface area (Å²) in [6, 6.07) is 14.7. The van der Waals surface area contributed by atoms with Crippen LogP contribution in [0.15, 0.2) is 51.4 Å². The van der Waals surface area contributed by atoms with Crippen LogP contribution in [0.2, 0.25) is 0 Å². The van der Waals surface area contributed by atoms with Gasteiger partial charge in [-0.25, -0.2) is 0 Å². The summed E-state index contributed by atoms with van der Waals surface area (Å²) in [5, 5.41) is 0. The van der Waals surface area contributed by atoms with Gasteiger partial charge in [-0.1, -0.05) is 76.9 Å². The lowest BCUT2D eigenvalue weighted by molar-refractivity contribution is 0.506. The van der Waals surface area contributed by atoms with Gasteiger partial charge in [-0.2, -0.15) is 0 Å². The van der Waals surface area contributed by atoms with Crippen molar-refractivity contribution in [2.45, 2.75) is 38.6 Å². The maximum atomic E-state index is 6.40. The van der Waals surface area contributed by atoms with Crippen LogP contribution in [0.5, 0.6) is 0 Å². The third kappa shape index (κ3) is 3.97. The van der Waals surface area contributed by atoms with Crippen LogP contribution in [0.1, 0.15) is 49.9 Å². The molecule has 1 unspecified atom stereocenters. The van der Waals surface area contributed by atoms with Crippen LogP contribution < -0.4 is 5.73 Å². The highest BCUT2D eigenvalue weighted by Gasteiger charge is 2.18. The lowest BCUT2D eigenvalue weighted by atomic mass is 9.81. The van der Waals surface area contributed by atoms with E-state index in [9.17, 15) is 0 Å². The molecule has 2 rings (SSSR count). The van der Waals surface area contributed by atoms with Crippen LogP contribution in [-0.2, 0) is 5.41 Å². The smallest absolute Gasteiger partial charge is 0.0552 e. The lowest BCUT2D eigenvalue weighted by Gasteiger charge is -2.24. The molecule has 0 radical (unpaired) electrons. The summed E-state index contributed by atoms with van der Waals surface area (Å²) in [6.07, 6.45) is 1.12. The predicted molar refractivity (Wildman–Crippen MR) is 97.6 cm³/mol. The van der Waals surface area contributed by atoms with Crippen LogP contribution in [-0.4, -0.2) is 0 Å². The van der Waals surface area contributed by atoms with Crippen LogP contribution in [0.25, 0.3) is 0 Å². The quantitative estimate of drug-likeness (QED) is 0.662. The highest BCUT2D eigenvalue weighted by molar-refractivity contribution is 9.11. The molecular weight excluding hydrogens is 390 g/mol. The van der Waals surface area contributed by atoms with E-state index in [1.807, 2.05) is 6.07 Å². The summed E-state index contributed by atoms with van der Waals surface area (Å²) < 4.78 is 2.07. The number of rotatable bonds is 4. The van der Waals surface area contributed by atoms with Crippen molar-refractivity contribution >= 4 is 31.9 Å². The highest BCUT2D eigenvalue weighted by atomic mass is 79.9. The predicted octanol–water partition coefficient (Wildman–Crippen LogP) is 5.95. The van der Waals surface area contributed by atoms with Gasteiger partial charge in [-0.05, 0) is 46.7 Å². The Kier molecular flexibility index (Phi) is 5.29. The maximum Gasteiger partial charge on any atom is 0.0552 e. The van der Waals surface area contributed by atoms with Gasteiger partial charge in [-0.3, -0.25) is 0 Å². The summed E-state index contributed by atoms with van der Waals surface area (Å²) in [6.45, 7) is 6.76. The number of halogens is 2. The van der Waals surface area contributed by atoms with Crippen LogP contribution in [0.3, 0.4) is 0 Å². The second-order valence-corrected chi connectivity index (χ2v) is 7.87. The van der Waals surface area contributed by atoms with Gasteiger partial charge < -0.3 is 5.73 Å². The van der Waals surface area contributed by atoms with E-state index in [2.05, 4.69) is 89.0 Å². The molecule has 0 bridgehead atoms. The Bertz CT molecular complexity index is 597. The molecule has 0 amide bonds. The summed E-state index contributed by atoms with van der Waals surface area (Å²) >= 11 is 7.03.